The Bertz CT molecular complexity index is 378. The Hall–Kier alpha value is -1.22. The van der Waals surface area contributed by atoms with Crippen LogP contribution in [0.2, 0.25) is 0 Å². The lowest BCUT2D eigenvalue weighted by Gasteiger charge is -2.17. The van der Waals surface area contributed by atoms with Crippen molar-refractivity contribution in [3.63, 3.8) is 0 Å². The normalized spacial score (nSPS) is 23.9. The van der Waals surface area contributed by atoms with E-state index in [4.69, 9.17) is 4.74 Å². The standard InChI is InChI=1S/C14H21NO2/c1-10-4-3-5-12(10)15-9-11-6-7-13(16)14(8-11)17-2/h6-8,10,12,15-16H,3-5,9H2,1-2H3. The zero-order chi connectivity index (χ0) is 12.3. The van der Waals surface area contributed by atoms with Crippen LogP contribution in [0, 0.1) is 5.92 Å². The highest BCUT2D eigenvalue weighted by Crippen LogP contribution is 2.27. The van der Waals surface area contributed by atoms with Crippen molar-refractivity contribution in [3.05, 3.63) is 23.8 Å². The summed E-state index contributed by atoms with van der Waals surface area (Å²) in [4.78, 5) is 0. The molecule has 2 unspecified atom stereocenters. The van der Waals surface area contributed by atoms with Crippen LogP contribution in [-0.4, -0.2) is 18.3 Å². The van der Waals surface area contributed by atoms with Crippen molar-refractivity contribution >= 4 is 0 Å². The molecule has 3 nitrogen and oxygen atoms in total. The molecule has 17 heavy (non-hydrogen) atoms. The predicted octanol–water partition coefficient (Wildman–Crippen LogP) is 2.68. The molecule has 0 aliphatic heterocycles. The maximum Gasteiger partial charge on any atom is 0.160 e. The molecule has 1 fully saturated rings. The summed E-state index contributed by atoms with van der Waals surface area (Å²) in [6.07, 6.45) is 3.94. The van der Waals surface area contributed by atoms with Crippen molar-refractivity contribution in [1.29, 1.82) is 0 Å². The first-order valence-corrected chi connectivity index (χ1v) is 6.30. The van der Waals surface area contributed by atoms with E-state index >= 15 is 0 Å². The van der Waals surface area contributed by atoms with Crippen LogP contribution >= 0.6 is 0 Å². The molecule has 0 aromatic heterocycles. The third-order valence-corrected chi connectivity index (χ3v) is 3.67. The molecular weight excluding hydrogens is 214 g/mol. The van der Waals surface area contributed by atoms with E-state index in [0.29, 0.717) is 11.8 Å². The zero-order valence-corrected chi connectivity index (χ0v) is 10.6. The molecule has 0 saturated heterocycles. The molecule has 2 N–H and O–H groups in total. The van der Waals surface area contributed by atoms with E-state index in [-0.39, 0.29) is 5.75 Å². The van der Waals surface area contributed by atoms with E-state index in [1.807, 2.05) is 12.1 Å². The molecule has 1 aliphatic carbocycles. The number of aromatic hydroxyl groups is 1. The van der Waals surface area contributed by atoms with Gasteiger partial charge in [-0.05, 0) is 36.5 Å². The van der Waals surface area contributed by atoms with Crippen LogP contribution < -0.4 is 10.1 Å². The van der Waals surface area contributed by atoms with Crippen LogP contribution in [0.3, 0.4) is 0 Å². The second-order valence-electron chi connectivity index (χ2n) is 4.90. The minimum Gasteiger partial charge on any atom is -0.504 e. The van der Waals surface area contributed by atoms with Crippen molar-refractivity contribution in [3.8, 4) is 11.5 Å². The number of methoxy groups -OCH3 is 1. The van der Waals surface area contributed by atoms with Crippen molar-refractivity contribution in [1.82, 2.24) is 5.32 Å². The lowest BCUT2D eigenvalue weighted by molar-refractivity contribution is 0.372. The molecule has 1 aliphatic rings. The Morgan fingerprint density at radius 1 is 1.41 bits per heavy atom. The minimum atomic E-state index is 0.200. The lowest BCUT2D eigenvalue weighted by Crippen LogP contribution is -2.30. The van der Waals surface area contributed by atoms with E-state index in [9.17, 15) is 5.11 Å². The summed E-state index contributed by atoms with van der Waals surface area (Å²) in [5, 5.41) is 13.1. The molecule has 0 amide bonds. The SMILES string of the molecule is COc1cc(CNC2CCCC2C)ccc1O. The number of phenolic OH excluding ortho intramolecular Hbond substituents is 1. The van der Waals surface area contributed by atoms with Crippen molar-refractivity contribution in [2.24, 2.45) is 5.92 Å². The van der Waals surface area contributed by atoms with Crippen LogP contribution in [0.25, 0.3) is 0 Å². The fraction of sp³-hybridized carbons (Fsp3) is 0.571. The highest BCUT2D eigenvalue weighted by atomic mass is 16.5. The molecule has 1 aromatic carbocycles. The molecule has 2 atom stereocenters. The van der Waals surface area contributed by atoms with Crippen LogP contribution in [0.1, 0.15) is 31.7 Å². The molecule has 0 bridgehead atoms. The van der Waals surface area contributed by atoms with Gasteiger partial charge in [0.15, 0.2) is 11.5 Å². The number of ether oxygens (including phenoxy) is 1. The third-order valence-electron chi connectivity index (χ3n) is 3.67. The lowest BCUT2D eigenvalue weighted by atomic mass is 10.1. The van der Waals surface area contributed by atoms with Gasteiger partial charge in [-0.15, -0.1) is 0 Å². The Kier molecular flexibility index (Phi) is 3.89. The second-order valence-corrected chi connectivity index (χ2v) is 4.90. The first-order valence-electron chi connectivity index (χ1n) is 6.30. The van der Waals surface area contributed by atoms with Gasteiger partial charge in [-0.2, -0.15) is 0 Å². The molecule has 94 valence electrons. The van der Waals surface area contributed by atoms with Gasteiger partial charge in [0.05, 0.1) is 7.11 Å². The Morgan fingerprint density at radius 2 is 2.24 bits per heavy atom. The smallest absolute Gasteiger partial charge is 0.160 e. The molecule has 1 saturated carbocycles. The molecule has 0 heterocycles. The third kappa shape index (κ3) is 2.91. The Labute approximate surface area is 103 Å². The summed E-state index contributed by atoms with van der Waals surface area (Å²) in [6, 6.07) is 6.15. The summed E-state index contributed by atoms with van der Waals surface area (Å²) in [5.41, 5.74) is 1.15. The number of rotatable bonds is 4. The van der Waals surface area contributed by atoms with E-state index in [1.165, 1.54) is 19.3 Å². The fourth-order valence-electron chi connectivity index (χ4n) is 2.53. The van der Waals surface area contributed by atoms with E-state index < -0.39 is 0 Å². The number of hydrogen-bond acceptors (Lipinski definition) is 3. The van der Waals surface area contributed by atoms with E-state index in [2.05, 4.69) is 12.2 Å². The van der Waals surface area contributed by atoms with Crippen LogP contribution in [0.15, 0.2) is 18.2 Å². The molecule has 1 aromatic rings. The Morgan fingerprint density at radius 3 is 2.88 bits per heavy atom. The summed E-state index contributed by atoms with van der Waals surface area (Å²) >= 11 is 0. The summed E-state index contributed by atoms with van der Waals surface area (Å²) < 4.78 is 5.10. The number of hydrogen-bond donors (Lipinski definition) is 2. The van der Waals surface area contributed by atoms with Gasteiger partial charge in [-0.1, -0.05) is 19.4 Å². The first-order chi connectivity index (χ1) is 8.20. The maximum absolute atomic E-state index is 9.51. The van der Waals surface area contributed by atoms with Gasteiger partial charge in [0, 0.05) is 12.6 Å². The molecular formula is C14H21NO2. The van der Waals surface area contributed by atoms with Crippen LogP contribution in [-0.2, 0) is 6.54 Å². The average molecular weight is 235 g/mol. The largest absolute Gasteiger partial charge is 0.504 e. The van der Waals surface area contributed by atoms with Gasteiger partial charge in [-0.25, -0.2) is 0 Å². The van der Waals surface area contributed by atoms with Crippen LogP contribution in [0.5, 0.6) is 11.5 Å². The van der Waals surface area contributed by atoms with Crippen LogP contribution in [0.4, 0.5) is 0 Å². The van der Waals surface area contributed by atoms with Gasteiger partial charge in [0.1, 0.15) is 0 Å². The molecule has 0 radical (unpaired) electrons. The molecule has 3 heteroatoms. The average Bonchev–Trinajstić information content (AvgIpc) is 2.74. The monoisotopic (exact) mass is 235 g/mol. The second kappa shape index (κ2) is 5.41. The molecule has 0 spiro atoms. The zero-order valence-electron chi connectivity index (χ0n) is 10.6. The number of phenols is 1. The van der Waals surface area contributed by atoms with Gasteiger partial charge in [-0.3, -0.25) is 0 Å². The van der Waals surface area contributed by atoms with Crippen molar-refractivity contribution < 1.29 is 9.84 Å². The van der Waals surface area contributed by atoms with E-state index in [1.54, 1.807) is 13.2 Å². The molecule has 2 rings (SSSR count). The quantitative estimate of drug-likeness (QED) is 0.843. The first kappa shape index (κ1) is 12.2. The van der Waals surface area contributed by atoms with Gasteiger partial charge < -0.3 is 15.2 Å². The summed E-state index contributed by atoms with van der Waals surface area (Å²) in [6.45, 7) is 3.15. The summed E-state index contributed by atoms with van der Waals surface area (Å²) in [7, 11) is 1.57. The van der Waals surface area contributed by atoms with Crippen molar-refractivity contribution in [2.45, 2.75) is 38.8 Å². The fourth-order valence-corrected chi connectivity index (χ4v) is 2.53. The highest BCUT2D eigenvalue weighted by molar-refractivity contribution is 5.41. The minimum absolute atomic E-state index is 0.200. The van der Waals surface area contributed by atoms with Gasteiger partial charge >= 0.3 is 0 Å². The summed E-state index contributed by atoms with van der Waals surface area (Å²) in [5.74, 6) is 1.52. The maximum atomic E-state index is 9.51. The number of nitrogens with one attached hydrogen (secondary N) is 1. The predicted molar refractivity (Wildman–Crippen MR) is 68.3 cm³/mol. The van der Waals surface area contributed by atoms with Gasteiger partial charge in [0.25, 0.3) is 0 Å². The number of benzene rings is 1. The van der Waals surface area contributed by atoms with Crippen molar-refractivity contribution in [2.75, 3.05) is 7.11 Å². The highest BCUT2D eigenvalue weighted by Gasteiger charge is 2.22. The Balaban J connectivity index is 1.94. The van der Waals surface area contributed by atoms with E-state index in [0.717, 1.165) is 18.0 Å². The van der Waals surface area contributed by atoms with Gasteiger partial charge in [0.2, 0.25) is 0 Å². The topological polar surface area (TPSA) is 41.5 Å².